The number of amidine groups is 1. The van der Waals surface area contributed by atoms with E-state index in [2.05, 4.69) is 21.6 Å². The molecule has 0 atom stereocenters. The van der Waals surface area contributed by atoms with E-state index in [1.165, 1.54) is 0 Å². The van der Waals surface area contributed by atoms with E-state index in [0.717, 1.165) is 31.1 Å². The van der Waals surface area contributed by atoms with Crippen molar-refractivity contribution in [3.8, 4) is 0 Å². The van der Waals surface area contributed by atoms with Gasteiger partial charge in [0.05, 0.1) is 0 Å². The summed E-state index contributed by atoms with van der Waals surface area (Å²) in [7, 11) is -8.16. The highest BCUT2D eigenvalue weighted by Crippen LogP contribution is 2.20. The first-order chi connectivity index (χ1) is 23.3. The highest BCUT2D eigenvalue weighted by atomic mass is 28.4. The lowest BCUT2D eigenvalue weighted by Gasteiger charge is -2.32. The van der Waals surface area contributed by atoms with E-state index in [-0.39, 0.29) is 0 Å². The standard InChI is InChI=1S/C30H68N6O9Si3/c1-10-37-46(38-11-2,39-12-3)25-19-22-31-29-28-30(32-23-20-26-47(40-13-4,41-14-5)42-15-6)35-36(34-29)33-24-21-27-48(43-16-7,44-17-8)45-18-9/h28,31,33-34H,10-27H2,1-9H3,(H,32,35). The number of hydrogen-bond donors (Lipinski definition) is 4. The number of nitrogens with one attached hydrogen (secondary N) is 4. The third-order valence-corrected chi connectivity index (χ3v) is 16.3. The van der Waals surface area contributed by atoms with Crippen molar-refractivity contribution in [1.82, 2.24) is 26.8 Å². The summed E-state index contributed by atoms with van der Waals surface area (Å²) in [4.78, 5) is 4.86. The van der Waals surface area contributed by atoms with Crippen molar-refractivity contribution in [3.05, 3.63) is 11.9 Å². The monoisotopic (exact) mass is 740 g/mol. The normalized spacial score (nSPS) is 15.4. The predicted molar refractivity (Wildman–Crippen MR) is 195 cm³/mol. The summed E-state index contributed by atoms with van der Waals surface area (Å²) in [5, 5.41) is 5.23. The third kappa shape index (κ3) is 17.3. The Labute approximate surface area is 294 Å². The number of nitrogens with zero attached hydrogens (tertiary/aromatic N) is 2. The summed E-state index contributed by atoms with van der Waals surface area (Å²) < 4.78 is 54.2. The van der Waals surface area contributed by atoms with Crippen molar-refractivity contribution in [3.63, 3.8) is 0 Å². The summed E-state index contributed by atoms with van der Waals surface area (Å²) in [5.74, 6) is 1.52. The molecule has 284 valence electrons. The van der Waals surface area contributed by atoms with Gasteiger partial charge in [-0.3, -0.25) is 15.8 Å². The van der Waals surface area contributed by atoms with Crippen LogP contribution in [0.3, 0.4) is 0 Å². The lowest BCUT2D eigenvalue weighted by molar-refractivity contribution is 0.0665. The fourth-order valence-corrected chi connectivity index (χ4v) is 13.1. The highest BCUT2D eigenvalue weighted by Gasteiger charge is 2.41. The van der Waals surface area contributed by atoms with E-state index >= 15 is 0 Å². The van der Waals surface area contributed by atoms with Crippen LogP contribution in [0, 0.1) is 0 Å². The molecule has 48 heavy (non-hydrogen) atoms. The molecule has 0 amide bonds. The molecule has 0 radical (unpaired) electrons. The second-order valence-electron chi connectivity index (χ2n) is 10.5. The second-order valence-corrected chi connectivity index (χ2v) is 18.7. The Morgan fingerprint density at radius 2 is 0.917 bits per heavy atom. The summed E-state index contributed by atoms with van der Waals surface area (Å²) >= 11 is 0. The average Bonchev–Trinajstić information content (AvgIpc) is 3.05. The molecule has 1 aliphatic rings. The Balaban J connectivity index is 2.96. The van der Waals surface area contributed by atoms with Crippen LogP contribution in [0.5, 0.6) is 0 Å². The molecule has 4 N–H and O–H groups in total. The zero-order valence-corrected chi connectivity index (χ0v) is 34.4. The molecular formula is C30H68N6O9Si3. The van der Waals surface area contributed by atoms with Crippen molar-refractivity contribution in [2.24, 2.45) is 4.99 Å². The van der Waals surface area contributed by atoms with Gasteiger partial charge in [0.25, 0.3) is 0 Å². The molecule has 1 heterocycles. The summed E-state index contributed by atoms with van der Waals surface area (Å²) in [6.45, 7) is 24.7. The average molecular weight is 741 g/mol. The molecule has 0 aliphatic carbocycles. The van der Waals surface area contributed by atoms with Gasteiger partial charge < -0.3 is 45.2 Å². The maximum absolute atomic E-state index is 6.03. The van der Waals surface area contributed by atoms with E-state index in [1.54, 1.807) is 5.23 Å². The van der Waals surface area contributed by atoms with Crippen LogP contribution in [0.4, 0.5) is 0 Å². The lowest BCUT2D eigenvalue weighted by atomic mass is 10.4. The van der Waals surface area contributed by atoms with Crippen LogP contribution < -0.4 is 21.6 Å². The molecule has 0 aromatic rings. The fraction of sp³-hybridized carbons (Fsp3) is 0.900. The van der Waals surface area contributed by atoms with Crippen LogP contribution in [0.2, 0.25) is 18.1 Å². The zero-order chi connectivity index (χ0) is 35.6. The summed E-state index contributed by atoms with van der Waals surface area (Å²) in [5.41, 5.74) is 10.1. The Hall–Kier alpha value is -0.979. The van der Waals surface area contributed by atoms with E-state index in [4.69, 9.17) is 44.8 Å². The van der Waals surface area contributed by atoms with Crippen LogP contribution in [-0.2, 0) is 39.8 Å². The van der Waals surface area contributed by atoms with Gasteiger partial charge in [-0.2, -0.15) is 0 Å². The Bertz CT molecular complexity index is 831. The molecule has 0 saturated heterocycles. The van der Waals surface area contributed by atoms with Crippen molar-refractivity contribution in [2.45, 2.75) is 99.7 Å². The van der Waals surface area contributed by atoms with Crippen LogP contribution in [-0.4, -0.2) is 117 Å². The topological polar surface area (TPSA) is 147 Å². The van der Waals surface area contributed by atoms with Gasteiger partial charge in [-0.15, -0.1) is 0 Å². The molecule has 0 unspecified atom stereocenters. The quantitative estimate of drug-likeness (QED) is 0.0583. The third-order valence-electron chi connectivity index (χ3n) is 6.85. The Kier molecular flexibility index (Phi) is 25.1. The van der Waals surface area contributed by atoms with Crippen molar-refractivity contribution in [1.29, 1.82) is 0 Å². The van der Waals surface area contributed by atoms with Crippen LogP contribution >= 0.6 is 0 Å². The first-order valence-corrected chi connectivity index (χ1v) is 23.9. The van der Waals surface area contributed by atoms with Crippen molar-refractivity contribution < 1.29 is 39.8 Å². The van der Waals surface area contributed by atoms with Crippen LogP contribution in [0.25, 0.3) is 0 Å². The van der Waals surface area contributed by atoms with Gasteiger partial charge in [0.15, 0.2) is 0 Å². The second kappa shape index (κ2) is 26.8. The van der Waals surface area contributed by atoms with Crippen LogP contribution in [0.15, 0.2) is 16.9 Å². The molecule has 0 saturated carbocycles. The predicted octanol–water partition coefficient (Wildman–Crippen LogP) is 3.96. The van der Waals surface area contributed by atoms with E-state index < -0.39 is 26.4 Å². The van der Waals surface area contributed by atoms with Gasteiger partial charge in [0.2, 0.25) is 0 Å². The maximum Gasteiger partial charge on any atom is 0.500 e. The van der Waals surface area contributed by atoms with E-state index in [9.17, 15) is 0 Å². The molecule has 1 rings (SSSR count). The molecular weight excluding hydrogens is 673 g/mol. The Morgan fingerprint density at radius 3 is 1.31 bits per heavy atom. The van der Waals surface area contributed by atoms with E-state index in [1.807, 2.05) is 68.4 Å². The largest absolute Gasteiger partial charge is 0.500 e. The molecule has 0 bridgehead atoms. The number of aliphatic imine (C=N–C) groups is 1. The summed E-state index contributed by atoms with van der Waals surface area (Å²) in [6, 6.07) is 2.13. The molecule has 0 aromatic carbocycles. The number of rotatable bonds is 32. The minimum Gasteiger partial charge on any atom is -0.374 e. The van der Waals surface area contributed by atoms with Gasteiger partial charge in [0.1, 0.15) is 11.7 Å². The van der Waals surface area contributed by atoms with Crippen molar-refractivity contribution in [2.75, 3.05) is 79.1 Å². The molecule has 0 fully saturated rings. The van der Waals surface area contributed by atoms with Gasteiger partial charge in [0, 0.05) is 103 Å². The smallest absolute Gasteiger partial charge is 0.374 e. The minimum atomic E-state index is -2.73. The number of hydrazine groups is 3. The SMILES string of the molecule is CCO[Si](CCCN=C1C=C(NCCC[Si](OCC)(OCC)OCC)NN(NCCC[Si](OCC)(OCC)OCC)N1)(OCC)OCC. The summed E-state index contributed by atoms with van der Waals surface area (Å²) in [6.07, 6.45) is 4.35. The van der Waals surface area contributed by atoms with Crippen molar-refractivity contribution >= 4 is 32.2 Å². The first kappa shape index (κ1) is 45.0. The molecule has 0 aromatic heterocycles. The van der Waals surface area contributed by atoms with Gasteiger partial charge in [-0.05, 0) is 81.6 Å². The molecule has 18 heteroatoms. The lowest BCUT2D eigenvalue weighted by Crippen LogP contribution is -2.62. The van der Waals surface area contributed by atoms with Gasteiger partial charge >= 0.3 is 26.4 Å². The first-order valence-electron chi connectivity index (χ1n) is 18.1. The highest BCUT2D eigenvalue weighted by molar-refractivity contribution is 6.61. The Morgan fingerprint density at radius 1 is 0.542 bits per heavy atom. The molecule has 15 nitrogen and oxygen atoms in total. The van der Waals surface area contributed by atoms with Gasteiger partial charge in [-0.25, -0.2) is 5.43 Å². The maximum atomic E-state index is 6.03. The van der Waals surface area contributed by atoms with Crippen LogP contribution in [0.1, 0.15) is 81.6 Å². The fourth-order valence-electron chi connectivity index (χ4n) is 5.24. The molecule has 1 aliphatic heterocycles. The van der Waals surface area contributed by atoms with Gasteiger partial charge in [-0.1, -0.05) is 5.23 Å². The van der Waals surface area contributed by atoms with E-state index in [0.29, 0.717) is 97.0 Å². The zero-order valence-electron chi connectivity index (χ0n) is 31.4. The minimum absolute atomic E-state index is 0.555. The number of hydrogen-bond acceptors (Lipinski definition) is 14. The molecule has 0 spiro atoms.